The van der Waals surface area contributed by atoms with Crippen LogP contribution in [0.2, 0.25) is 0 Å². The maximum Gasteiger partial charge on any atom is 0.337 e. The van der Waals surface area contributed by atoms with Crippen LogP contribution in [-0.2, 0) is 0 Å². The van der Waals surface area contributed by atoms with Crippen molar-refractivity contribution >= 4 is 17.7 Å². The lowest BCUT2D eigenvalue weighted by molar-refractivity contribution is 0.0697. The number of carbonyl (C=O) groups is 2. The summed E-state index contributed by atoms with van der Waals surface area (Å²) in [5.41, 5.74) is -0.310. The third kappa shape index (κ3) is 3.22. The number of rotatable bonds is 3. The second-order valence-corrected chi connectivity index (χ2v) is 3.49. The van der Waals surface area contributed by atoms with E-state index in [1.54, 1.807) is 0 Å². The maximum absolute atomic E-state index is 12.9. The zero-order chi connectivity index (χ0) is 13.7. The van der Waals surface area contributed by atoms with E-state index in [4.69, 9.17) is 11.5 Å². The molecular formula is C12H11FN2O3. The van der Waals surface area contributed by atoms with Crippen LogP contribution < -0.4 is 5.32 Å². The molecule has 0 aliphatic heterocycles. The minimum absolute atomic E-state index is 0.0118. The second-order valence-electron chi connectivity index (χ2n) is 3.49. The number of carboxylic acids is 1. The zero-order valence-corrected chi connectivity index (χ0v) is 9.61. The van der Waals surface area contributed by atoms with E-state index in [2.05, 4.69) is 11.2 Å². The fraction of sp³-hybridized carbons (Fsp3) is 0.167. The van der Waals surface area contributed by atoms with Crippen LogP contribution in [0.1, 0.15) is 10.4 Å². The summed E-state index contributed by atoms with van der Waals surface area (Å²) >= 11 is 0. The van der Waals surface area contributed by atoms with Gasteiger partial charge in [-0.3, -0.25) is 0 Å². The van der Waals surface area contributed by atoms with Crippen molar-refractivity contribution in [1.82, 2.24) is 4.90 Å². The van der Waals surface area contributed by atoms with Gasteiger partial charge in [0.1, 0.15) is 5.82 Å². The lowest BCUT2D eigenvalue weighted by Crippen LogP contribution is -2.32. The highest BCUT2D eigenvalue weighted by Gasteiger charge is 2.15. The molecule has 0 unspecified atom stereocenters. The van der Waals surface area contributed by atoms with E-state index in [9.17, 15) is 14.0 Å². The van der Waals surface area contributed by atoms with Crippen molar-refractivity contribution in [3.63, 3.8) is 0 Å². The van der Waals surface area contributed by atoms with E-state index in [0.717, 1.165) is 12.1 Å². The minimum Gasteiger partial charge on any atom is -0.478 e. The summed E-state index contributed by atoms with van der Waals surface area (Å²) in [6, 6.07) is 2.50. The Kier molecular flexibility index (Phi) is 4.27. The Balaban J connectivity index is 2.95. The zero-order valence-electron chi connectivity index (χ0n) is 9.61. The summed E-state index contributed by atoms with van der Waals surface area (Å²) in [5, 5.41) is 11.2. The van der Waals surface area contributed by atoms with E-state index in [1.165, 1.54) is 18.0 Å². The molecule has 18 heavy (non-hydrogen) atoms. The smallest absolute Gasteiger partial charge is 0.337 e. The van der Waals surface area contributed by atoms with E-state index in [1.807, 2.05) is 0 Å². The number of carbonyl (C=O) groups excluding carboxylic acids is 1. The molecular weight excluding hydrogens is 239 g/mol. The first-order valence-electron chi connectivity index (χ1n) is 4.94. The monoisotopic (exact) mass is 250 g/mol. The van der Waals surface area contributed by atoms with Crippen molar-refractivity contribution in [2.75, 3.05) is 18.9 Å². The average molecular weight is 250 g/mol. The van der Waals surface area contributed by atoms with Crippen LogP contribution in [0, 0.1) is 18.2 Å². The van der Waals surface area contributed by atoms with Gasteiger partial charge in [-0.15, -0.1) is 6.42 Å². The number of urea groups is 1. The van der Waals surface area contributed by atoms with Gasteiger partial charge < -0.3 is 15.3 Å². The number of carboxylic acid groups (broad SMARTS) is 1. The molecule has 94 valence electrons. The van der Waals surface area contributed by atoms with Crippen molar-refractivity contribution in [2.24, 2.45) is 0 Å². The number of aromatic carboxylic acids is 1. The van der Waals surface area contributed by atoms with E-state index >= 15 is 0 Å². The Bertz CT molecular complexity index is 523. The molecule has 1 rings (SSSR count). The molecule has 6 heteroatoms. The van der Waals surface area contributed by atoms with Gasteiger partial charge in [-0.05, 0) is 18.2 Å². The summed E-state index contributed by atoms with van der Waals surface area (Å²) in [6.45, 7) is 0.0788. The van der Waals surface area contributed by atoms with Crippen LogP contribution in [0.4, 0.5) is 14.9 Å². The molecule has 1 aromatic carbocycles. The molecule has 2 amide bonds. The Labute approximate surface area is 103 Å². The first kappa shape index (κ1) is 13.5. The van der Waals surface area contributed by atoms with Gasteiger partial charge in [0.15, 0.2) is 0 Å². The van der Waals surface area contributed by atoms with E-state index in [-0.39, 0.29) is 17.8 Å². The van der Waals surface area contributed by atoms with E-state index in [0.29, 0.717) is 0 Å². The first-order valence-corrected chi connectivity index (χ1v) is 4.94. The van der Waals surface area contributed by atoms with Crippen molar-refractivity contribution in [3.05, 3.63) is 29.6 Å². The number of anilines is 1. The van der Waals surface area contributed by atoms with Crippen LogP contribution in [0.15, 0.2) is 18.2 Å². The average Bonchev–Trinajstić information content (AvgIpc) is 2.31. The number of benzene rings is 1. The molecule has 0 atom stereocenters. The first-order chi connectivity index (χ1) is 8.45. The SMILES string of the molecule is C#CCN(C)C(=O)Nc1ccc(F)cc1C(=O)O. The molecule has 0 heterocycles. The Morgan fingerprint density at radius 3 is 2.78 bits per heavy atom. The van der Waals surface area contributed by atoms with Gasteiger partial charge >= 0.3 is 12.0 Å². The predicted molar refractivity (Wildman–Crippen MR) is 63.8 cm³/mol. The van der Waals surface area contributed by atoms with Gasteiger partial charge in [0.05, 0.1) is 17.8 Å². The number of halogens is 1. The summed E-state index contributed by atoms with van der Waals surface area (Å²) in [6.07, 6.45) is 5.04. The number of hydrogen-bond donors (Lipinski definition) is 2. The van der Waals surface area contributed by atoms with Gasteiger partial charge in [-0.1, -0.05) is 5.92 Å². The fourth-order valence-corrected chi connectivity index (χ4v) is 1.22. The van der Waals surface area contributed by atoms with Gasteiger partial charge in [0, 0.05) is 7.05 Å². The predicted octanol–water partition coefficient (Wildman–Crippen LogP) is 1.62. The van der Waals surface area contributed by atoms with Crippen LogP contribution >= 0.6 is 0 Å². The molecule has 0 saturated carbocycles. The van der Waals surface area contributed by atoms with Crippen LogP contribution in [0.3, 0.4) is 0 Å². The molecule has 0 radical (unpaired) electrons. The van der Waals surface area contributed by atoms with Crippen molar-refractivity contribution in [1.29, 1.82) is 0 Å². The van der Waals surface area contributed by atoms with Gasteiger partial charge in [0.25, 0.3) is 0 Å². The molecule has 5 nitrogen and oxygen atoms in total. The van der Waals surface area contributed by atoms with Crippen LogP contribution in [-0.4, -0.2) is 35.6 Å². The molecule has 0 bridgehead atoms. The number of terminal acetylenes is 1. The summed E-state index contributed by atoms with van der Waals surface area (Å²) in [4.78, 5) is 23.7. The normalized spacial score (nSPS) is 9.39. The topological polar surface area (TPSA) is 69.6 Å². The van der Waals surface area contributed by atoms with Crippen molar-refractivity contribution < 1.29 is 19.1 Å². The van der Waals surface area contributed by atoms with Gasteiger partial charge in [-0.2, -0.15) is 0 Å². The highest BCUT2D eigenvalue weighted by Crippen LogP contribution is 2.17. The molecule has 0 aliphatic rings. The fourth-order valence-electron chi connectivity index (χ4n) is 1.22. The Morgan fingerprint density at radius 2 is 2.22 bits per heavy atom. The quantitative estimate of drug-likeness (QED) is 0.801. The standard InChI is InChI=1S/C12H11FN2O3/c1-3-6-15(2)12(18)14-10-5-4-8(13)7-9(10)11(16)17/h1,4-5,7H,6H2,2H3,(H,14,18)(H,16,17). The molecule has 0 aromatic heterocycles. The molecule has 1 aromatic rings. The highest BCUT2D eigenvalue weighted by atomic mass is 19.1. The van der Waals surface area contributed by atoms with Crippen molar-refractivity contribution in [3.8, 4) is 12.3 Å². The Hall–Kier alpha value is -2.55. The van der Waals surface area contributed by atoms with Gasteiger partial charge in [0.2, 0.25) is 0 Å². The second kappa shape index (κ2) is 5.68. The summed E-state index contributed by atoms with van der Waals surface area (Å²) in [5.74, 6) is 0.248. The third-order valence-corrected chi connectivity index (χ3v) is 2.13. The number of nitrogens with one attached hydrogen (secondary N) is 1. The van der Waals surface area contributed by atoms with Crippen LogP contribution in [0.25, 0.3) is 0 Å². The maximum atomic E-state index is 12.9. The Morgan fingerprint density at radius 1 is 1.56 bits per heavy atom. The molecule has 2 N–H and O–H groups in total. The van der Waals surface area contributed by atoms with Crippen molar-refractivity contribution in [2.45, 2.75) is 0 Å². The van der Waals surface area contributed by atoms with Gasteiger partial charge in [-0.25, -0.2) is 14.0 Å². The molecule has 0 aliphatic carbocycles. The highest BCUT2D eigenvalue weighted by molar-refractivity contribution is 5.99. The molecule has 0 spiro atoms. The summed E-state index contributed by atoms with van der Waals surface area (Å²) < 4.78 is 12.9. The number of nitrogens with zero attached hydrogens (tertiary/aromatic N) is 1. The number of hydrogen-bond acceptors (Lipinski definition) is 2. The lowest BCUT2D eigenvalue weighted by atomic mass is 10.1. The largest absolute Gasteiger partial charge is 0.478 e. The lowest BCUT2D eigenvalue weighted by Gasteiger charge is -2.16. The molecule has 0 saturated heterocycles. The molecule has 0 fully saturated rings. The van der Waals surface area contributed by atoms with E-state index < -0.39 is 17.8 Å². The summed E-state index contributed by atoms with van der Waals surface area (Å²) in [7, 11) is 1.46. The number of amides is 2. The van der Waals surface area contributed by atoms with Crippen LogP contribution in [0.5, 0.6) is 0 Å². The minimum atomic E-state index is -1.33. The third-order valence-electron chi connectivity index (χ3n) is 2.13.